The van der Waals surface area contributed by atoms with Crippen LogP contribution in [0.25, 0.3) is 0 Å². The number of halogens is 1. The molecule has 7 heteroatoms. The third-order valence-corrected chi connectivity index (χ3v) is 3.02. The molecule has 1 unspecified atom stereocenters. The van der Waals surface area contributed by atoms with E-state index in [1.165, 1.54) is 0 Å². The molecule has 21 heavy (non-hydrogen) atoms. The van der Waals surface area contributed by atoms with Gasteiger partial charge in [0.05, 0.1) is 17.6 Å². The summed E-state index contributed by atoms with van der Waals surface area (Å²) < 4.78 is 18.5. The summed E-state index contributed by atoms with van der Waals surface area (Å²) in [6.45, 7) is 6.41. The van der Waals surface area contributed by atoms with E-state index in [-0.39, 0.29) is 17.5 Å². The minimum Gasteiger partial charge on any atom is -0.380 e. The van der Waals surface area contributed by atoms with Crippen molar-refractivity contribution in [3.05, 3.63) is 39.7 Å². The van der Waals surface area contributed by atoms with E-state index in [0.29, 0.717) is 13.2 Å². The molecule has 0 spiro atoms. The fraction of sp³-hybridized carbons (Fsp3) is 0.500. The van der Waals surface area contributed by atoms with Crippen molar-refractivity contribution in [1.82, 2.24) is 5.32 Å². The molecule has 116 valence electrons. The molecule has 0 aliphatic rings. The minimum atomic E-state index is -0.707. The lowest BCUT2D eigenvalue weighted by Gasteiger charge is -2.22. The van der Waals surface area contributed by atoms with Gasteiger partial charge in [-0.1, -0.05) is 13.8 Å². The van der Waals surface area contributed by atoms with Crippen molar-refractivity contribution in [2.24, 2.45) is 5.92 Å². The van der Waals surface area contributed by atoms with Crippen LogP contribution in [0.15, 0.2) is 18.2 Å². The Labute approximate surface area is 122 Å². The smallest absolute Gasteiger partial charge is 0.282 e. The Balaban J connectivity index is 2.96. The van der Waals surface area contributed by atoms with Gasteiger partial charge in [-0.25, -0.2) is 4.39 Å². The van der Waals surface area contributed by atoms with E-state index < -0.39 is 22.3 Å². The number of nitro benzene ring substituents is 1. The summed E-state index contributed by atoms with van der Waals surface area (Å²) in [5, 5.41) is 13.6. The quantitative estimate of drug-likeness (QED) is 0.619. The largest absolute Gasteiger partial charge is 0.380 e. The third-order valence-electron chi connectivity index (χ3n) is 3.02. The summed E-state index contributed by atoms with van der Waals surface area (Å²) >= 11 is 0. The Kier molecular flexibility index (Phi) is 6.23. The van der Waals surface area contributed by atoms with Gasteiger partial charge in [0.25, 0.3) is 11.6 Å². The van der Waals surface area contributed by atoms with E-state index >= 15 is 0 Å². The number of amides is 1. The van der Waals surface area contributed by atoms with Crippen LogP contribution in [-0.4, -0.2) is 30.1 Å². The summed E-state index contributed by atoms with van der Waals surface area (Å²) in [6, 6.07) is 2.50. The maximum Gasteiger partial charge on any atom is 0.282 e. The molecule has 1 amide bonds. The van der Waals surface area contributed by atoms with E-state index in [1.54, 1.807) is 0 Å². The Morgan fingerprint density at radius 1 is 1.48 bits per heavy atom. The van der Waals surface area contributed by atoms with E-state index in [9.17, 15) is 19.3 Å². The molecule has 0 heterocycles. The predicted octanol–water partition coefficient (Wildman–Crippen LogP) is 2.52. The second-order valence-corrected chi connectivity index (χ2v) is 4.90. The molecule has 0 fully saturated rings. The number of carbonyl (C=O) groups is 1. The van der Waals surface area contributed by atoms with Crippen LogP contribution in [0.1, 0.15) is 31.1 Å². The van der Waals surface area contributed by atoms with Gasteiger partial charge in [0.1, 0.15) is 11.4 Å². The summed E-state index contributed by atoms with van der Waals surface area (Å²) in [5.41, 5.74) is -0.713. The van der Waals surface area contributed by atoms with Gasteiger partial charge in [-0.05, 0) is 25.0 Å². The number of ether oxygens (including phenoxy) is 1. The topological polar surface area (TPSA) is 81.5 Å². The standard InChI is InChI=1S/C14H19FN2O4/c1-4-21-8-12(9(2)3)16-14(18)11-7-10(15)5-6-13(11)17(19)20/h5-7,9,12H,4,8H2,1-3H3,(H,16,18). The molecule has 0 saturated heterocycles. The first-order valence-corrected chi connectivity index (χ1v) is 6.69. The number of benzene rings is 1. The number of rotatable bonds is 7. The van der Waals surface area contributed by atoms with Crippen molar-refractivity contribution in [2.45, 2.75) is 26.8 Å². The van der Waals surface area contributed by atoms with Crippen LogP contribution < -0.4 is 5.32 Å². The molecule has 1 aromatic carbocycles. The van der Waals surface area contributed by atoms with Crippen LogP contribution in [0.3, 0.4) is 0 Å². The maximum atomic E-state index is 13.2. The number of nitrogens with zero attached hydrogens (tertiary/aromatic N) is 1. The molecular weight excluding hydrogens is 279 g/mol. The number of carbonyl (C=O) groups excluding carboxylic acids is 1. The van der Waals surface area contributed by atoms with Gasteiger partial charge in [-0.2, -0.15) is 0 Å². The Morgan fingerprint density at radius 2 is 2.14 bits per heavy atom. The van der Waals surface area contributed by atoms with E-state index in [4.69, 9.17) is 4.74 Å². The predicted molar refractivity (Wildman–Crippen MR) is 75.6 cm³/mol. The second-order valence-electron chi connectivity index (χ2n) is 4.90. The summed E-state index contributed by atoms with van der Waals surface area (Å²) in [6.07, 6.45) is 0. The average molecular weight is 298 g/mol. The monoisotopic (exact) mass is 298 g/mol. The van der Waals surface area contributed by atoms with Crippen molar-refractivity contribution in [3.63, 3.8) is 0 Å². The molecule has 1 N–H and O–H groups in total. The number of nitro groups is 1. The Bertz CT molecular complexity index is 520. The zero-order chi connectivity index (χ0) is 16.0. The maximum absolute atomic E-state index is 13.2. The van der Waals surface area contributed by atoms with Crippen LogP contribution in [0.4, 0.5) is 10.1 Å². The van der Waals surface area contributed by atoms with Crippen LogP contribution in [0.2, 0.25) is 0 Å². The average Bonchev–Trinajstić information content (AvgIpc) is 2.42. The highest BCUT2D eigenvalue weighted by Gasteiger charge is 2.24. The van der Waals surface area contributed by atoms with Crippen LogP contribution in [-0.2, 0) is 4.74 Å². The van der Waals surface area contributed by atoms with E-state index in [0.717, 1.165) is 18.2 Å². The molecular formula is C14H19FN2O4. The van der Waals surface area contributed by atoms with Crippen molar-refractivity contribution >= 4 is 11.6 Å². The molecule has 0 saturated carbocycles. The van der Waals surface area contributed by atoms with Crippen molar-refractivity contribution in [3.8, 4) is 0 Å². The molecule has 1 rings (SSSR count). The van der Waals surface area contributed by atoms with Gasteiger partial charge in [0.15, 0.2) is 0 Å². The van der Waals surface area contributed by atoms with Gasteiger partial charge in [-0.15, -0.1) is 0 Å². The normalized spacial score (nSPS) is 12.2. The van der Waals surface area contributed by atoms with Gasteiger partial charge < -0.3 is 10.1 Å². The second kappa shape index (κ2) is 7.68. The van der Waals surface area contributed by atoms with Gasteiger partial charge >= 0.3 is 0 Å². The SMILES string of the molecule is CCOCC(NC(=O)c1cc(F)ccc1[N+](=O)[O-])C(C)C. The van der Waals surface area contributed by atoms with Crippen LogP contribution in [0, 0.1) is 21.8 Å². The van der Waals surface area contributed by atoms with Crippen LogP contribution in [0.5, 0.6) is 0 Å². The lowest BCUT2D eigenvalue weighted by molar-refractivity contribution is -0.385. The Morgan fingerprint density at radius 3 is 2.67 bits per heavy atom. The number of hydrogen-bond donors (Lipinski definition) is 1. The molecule has 0 aromatic heterocycles. The van der Waals surface area contributed by atoms with Gasteiger partial charge in [0.2, 0.25) is 0 Å². The molecule has 0 aliphatic carbocycles. The lowest BCUT2D eigenvalue weighted by atomic mass is 10.0. The molecule has 0 bridgehead atoms. The minimum absolute atomic E-state index is 0.0770. The number of hydrogen-bond acceptors (Lipinski definition) is 4. The molecule has 6 nitrogen and oxygen atoms in total. The van der Waals surface area contributed by atoms with Gasteiger partial charge in [0, 0.05) is 12.7 Å². The molecule has 0 aliphatic heterocycles. The van der Waals surface area contributed by atoms with Crippen LogP contribution >= 0.6 is 0 Å². The fourth-order valence-corrected chi connectivity index (χ4v) is 1.74. The first-order chi connectivity index (χ1) is 9.86. The lowest BCUT2D eigenvalue weighted by Crippen LogP contribution is -2.42. The zero-order valence-electron chi connectivity index (χ0n) is 12.3. The Hall–Kier alpha value is -2.02. The zero-order valence-corrected chi connectivity index (χ0v) is 12.3. The summed E-state index contributed by atoms with van der Waals surface area (Å²) in [4.78, 5) is 22.4. The highest BCUT2D eigenvalue weighted by Crippen LogP contribution is 2.20. The third kappa shape index (κ3) is 4.78. The highest BCUT2D eigenvalue weighted by atomic mass is 19.1. The summed E-state index contributed by atoms with van der Waals surface area (Å²) in [7, 11) is 0. The van der Waals surface area contributed by atoms with E-state index in [1.807, 2.05) is 20.8 Å². The first kappa shape index (κ1) is 17.0. The number of nitrogens with one attached hydrogen (secondary N) is 1. The molecule has 1 aromatic rings. The van der Waals surface area contributed by atoms with E-state index in [2.05, 4.69) is 5.32 Å². The first-order valence-electron chi connectivity index (χ1n) is 6.69. The van der Waals surface area contributed by atoms with Gasteiger partial charge in [-0.3, -0.25) is 14.9 Å². The van der Waals surface area contributed by atoms with Crippen molar-refractivity contribution in [1.29, 1.82) is 0 Å². The highest BCUT2D eigenvalue weighted by molar-refractivity contribution is 5.98. The molecule has 0 radical (unpaired) electrons. The molecule has 1 atom stereocenters. The van der Waals surface area contributed by atoms with Crippen molar-refractivity contribution in [2.75, 3.05) is 13.2 Å². The summed E-state index contributed by atoms with van der Waals surface area (Å²) in [5.74, 6) is -1.30. The van der Waals surface area contributed by atoms with Crippen molar-refractivity contribution < 1.29 is 18.8 Å². The fourth-order valence-electron chi connectivity index (χ4n) is 1.74.